The van der Waals surface area contributed by atoms with E-state index in [-0.39, 0.29) is 24.5 Å². The Hall–Kier alpha value is -2.90. The second-order valence-corrected chi connectivity index (χ2v) is 8.99. The van der Waals surface area contributed by atoms with Crippen LogP contribution in [0.2, 0.25) is 5.02 Å². The van der Waals surface area contributed by atoms with Crippen molar-refractivity contribution < 1.29 is 9.53 Å². The fourth-order valence-corrected chi connectivity index (χ4v) is 5.10. The van der Waals surface area contributed by atoms with E-state index < -0.39 is 0 Å². The first-order chi connectivity index (χ1) is 15.8. The summed E-state index contributed by atoms with van der Waals surface area (Å²) in [6, 6.07) is 13.7. The van der Waals surface area contributed by atoms with E-state index in [0.717, 1.165) is 38.9 Å². The standard InChI is InChI=1S/C25H27ClN4O2S/c1-15-14-18(17(3)30(15)21-10-7-8-19(26)16(21)2)24-23(20-9-5-6-12-27-20)28-25(33)29(24)13-11-22(31)32-4/h5-10,12,14,23-24H,11,13H2,1-4H3,(H,28,33)/t23-,24+/m0/s1. The van der Waals surface area contributed by atoms with Crippen molar-refractivity contribution in [2.75, 3.05) is 13.7 Å². The number of hydrogen-bond acceptors (Lipinski definition) is 4. The van der Waals surface area contributed by atoms with Gasteiger partial charge in [0.2, 0.25) is 0 Å². The van der Waals surface area contributed by atoms with Gasteiger partial charge < -0.3 is 19.5 Å². The SMILES string of the molecule is COC(=O)CCN1C(=S)N[C@@H](c2ccccn2)[C@H]1c1cc(C)n(-c2cccc(Cl)c2C)c1C. The van der Waals surface area contributed by atoms with E-state index in [4.69, 9.17) is 28.6 Å². The van der Waals surface area contributed by atoms with Crippen molar-refractivity contribution in [1.29, 1.82) is 0 Å². The first-order valence-corrected chi connectivity index (χ1v) is 11.6. The summed E-state index contributed by atoms with van der Waals surface area (Å²) < 4.78 is 7.10. The molecular formula is C25H27ClN4O2S. The molecule has 33 heavy (non-hydrogen) atoms. The van der Waals surface area contributed by atoms with Crippen LogP contribution in [0.1, 0.15) is 46.7 Å². The Balaban J connectivity index is 1.82. The normalized spacial score (nSPS) is 17.8. The minimum atomic E-state index is -0.266. The van der Waals surface area contributed by atoms with Gasteiger partial charge in [-0.3, -0.25) is 9.78 Å². The molecule has 0 spiro atoms. The molecule has 3 heterocycles. The van der Waals surface area contributed by atoms with Gasteiger partial charge >= 0.3 is 5.97 Å². The lowest BCUT2D eigenvalue weighted by Crippen LogP contribution is -2.32. The summed E-state index contributed by atoms with van der Waals surface area (Å²) in [6.07, 6.45) is 2.03. The molecule has 0 radical (unpaired) electrons. The highest BCUT2D eigenvalue weighted by Crippen LogP contribution is 2.41. The number of nitrogens with zero attached hydrogens (tertiary/aromatic N) is 3. The van der Waals surface area contributed by atoms with E-state index in [0.29, 0.717) is 11.7 Å². The van der Waals surface area contributed by atoms with Crippen molar-refractivity contribution in [3.8, 4) is 5.69 Å². The van der Waals surface area contributed by atoms with Crippen LogP contribution in [0.25, 0.3) is 5.69 Å². The van der Waals surface area contributed by atoms with Gasteiger partial charge in [0.15, 0.2) is 5.11 Å². The zero-order chi connectivity index (χ0) is 23.7. The van der Waals surface area contributed by atoms with Gasteiger partial charge in [-0.1, -0.05) is 23.7 Å². The number of nitrogens with one attached hydrogen (secondary N) is 1. The number of ether oxygens (including phenoxy) is 1. The molecule has 2 atom stereocenters. The molecule has 1 N–H and O–H groups in total. The van der Waals surface area contributed by atoms with Crippen molar-refractivity contribution in [1.82, 2.24) is 19.8 Å². The smallest absolute Gasteiger partial charge is 0.307 e. The van der Waals surface area contributed by atoms with E-state index in [1.54, 1.807) is 6.20 Å². The first-order valence-electron chi connectivity index (χ1n) is 10.8. The number of carbonyl (C=O) groups excluding carboxylic acids is 1. The van der Waals surface area contributed by atoms with Crippen LogP contribution in [-0.4, -0.2) is 39.2 Å². The molecule has 2 aromatic heterocycles. The summed E-state index contributed by atoms with van der Waals surface area (Å²) in [5.41, 5.74) is 6.29. The van der Waals surface area contributed by atoms with E-state index in [9.17, 15) is 4.79 Å². The molecule has 4 rings (SSSR count). The molecule has 1 aromatic carbocycles. The number of benzene rings is 1. The fourth-order valence-electron chi connectivity index (χ4n) is 4.59. The van der Waals surface area contributed by atoms with Crippen molar-refractivity contribution >= 4 is 34.9 Å². The third kappa shape index (κ3) is 4.35. The first kappa shape index (κ1) is 23.3. The summed E-state index contributed by atoms with van der Waals surface area (Å²) in [5.74, 6) is -0.266. The summed E-state index contributed by atoms with van der Waals surface area (Å²) in [7, 11) is 1.40. The molecule has 1 aliphatic heterocycles. The number of hydrogen-bond donors (Lipinski definition) is 1. The minimum absolute atomic E-state index is 0.128. The van der Waals surface area contributed by atoms with Crippen LogP contribution in [0, 0.1) is 20.8 Å². The molecule has 0 saturated carbocycles. The second-order valence-electron chi connectivity index (χ2n) is 8.19. The largest absolute Gasteiger partial charge is 0.469 e. The zero-order valence-corrected chi connectivity index (χ0v) is 20.7. The fraction of sp³-hybridized carbons (Fsp3) is 0.320. The number of methoxy groups -OCH3 is 1. The van der Waals surface area contributed by atoms with Crippen LogP contribution in [0.15, 0.2) is 48.7 Å². The lowest BCUT2D eigenvalue weighted by atomic mass is 9.96. The number of esters is 1. The lowest BCUT2D eigenvalue weighted by molar-refractivity contribution is -0.140. The number of thiocarbonyl (C=S) groups is 1. The minimum Gasteiger partial charge on any atom is -0.469 e. The van der Waals surface area contributed by atoms with E-state index in [1.807, 2.05) is 37.3 Å². The third-order valence-electron chi connectivity index (χ3n) is 6.25. The molecule has 1 fully saturated rings. The Kier molecular flexibility index (Phi) is 6.72. The average molecular weight is 483 g/mol. The highest BCUT2D eigenvalue weighted by Gasteiger charge is 2.41. The van der Waals surface area contributed by atoms with Crippen LogP contribution in [-0.2, 0) is 9.53 Å². The van der Waals surface area contributed by atoms with Gasteiger partial charge in [0, 0.05) is 34.8 Å². The van der Waals surface area contributed by atoms with Gasteiger partial charge in [-0.25, -0.2) is 0 Å². The molecule has 8 heteroatoms. The van der Waals surface area contributed by atoms with Crippen LogP contribution in [0.3, 0.4) is 0 Å². The monoisotopic (exact) mass is 482 g/mol. The van der Waals surface area contributed by atoms with Crippen molar-refractivity contribution in [2.24, 2.45) is 0 Å². The Morgan fingerprint density at radius 1 is 1.21 bits per heavy atom. The Morgan fingerprint density at radius 2 is 2.00 bits per heavy atom. The average Bonchev–Trinajstić information content (AvgIpc) is 3.29. The molecule has 0 amide bonds. The number of aryl methyl sites for hydroxylation is 1. The van der Waals surface area contributed by atoms with Gasteiger partial charge in [0.05, 0.1) is 31.3 Å². The quantitative estimate of drug-likeness (QED) is 0.394. The molecular weight excluding hydrogens is 456 g/mol. The Bertz CT molecular complexity index is 1190. The van der Waals surface area contributed by atoms with E-state index in [1.165, 1.54) is 7.11 Å². The van der Waals surface area contributed by atoms with Gasteiger partial charge in [-0.2, -0.15) is 0 Å². The molecule has 1 saturated heterocycles. The van der Waals surface area contributed by atoms with E-state index >= 15 is 0 Å². The number of carbonyl (C=O) groups is 1. The van der Waals surface area contributed by atoms with Gasteiger partial charge in [-0.15, -0.1) is 0 Å². The zero-order valence-electron chi connectivity index (χ0n) is 19.1. The maximum atomic E-state index is 11.9. The van der Waals surface area contributed by atoms with Crippen LogP contribution in [0.5, 0.6) is 0 Å². The summed E-state index contributed by atoms with van der Waals surface area (Å²) >= 11 is 12.1. The third-order valence-corrected chi connectivity index (χ3v) is 7.01. The van der Waals surface area contributed by atoms with Crippen molar-refractivity contribution in [3.63, 3.8) is 0 Å². The molecule has 0 aliphatic carbocycles. The predicted octanol–water partition coefficient (Wildman–Crippen LogP) is 4.99. The summed E-state index contributed by atoms with van der Waals surface area (Å²) in [4.78, 5) is 18.6. The number of aromatic nitrogens is 2. The van der Waals surface area contributed by atoms with Gasteiger partial charge in [0.1, 0.15) is 0 Å². The Morgan fingerprint density at radius 3 is 2.70 bits per heavy atom. The van der Waals surface area contributed by atoms with E-state index in [2.05, 4.69) is 45.7 Å². The molecule has 0 bridgehead atoms. The van der Waals surface area contributed by atoms with Crippen LogP contribution in [0.4, 0.5) is 0 Å². The maximum absolute atomic E-state index is 11.9. The maximum Gasteiger partial charge on any atom is 0.307 e. The molecule has 0 unspecified atom stereocenters. The number of halogens is 1. The molecule has 1 aliphatic rings. The van der Waals surface area contributed by atoms with Gasteiger partial charge in [0.25, 0.3) is 0 Å². The van der Waals surface area contributed by atoms with Crippen molar-refractivity contribution in [2.45, 2.75) is 39.3 Å². The Labute approximate surface area is 204 Å². The topological polar surface area (TPSA) is 59.4 Å². The summed E-state index contributed by atoms with van der Waals surface area (Å²) in [5, 5.41) is 4.77. The molecule has 3 aromatic rings. The van der Waals surface area contributed by atoms with Gasteiger partial charge in [-0.05, 0) is 74.4 Å². The number of pyridine rings is 1. The van der Waals surface area contributed by atoms with Crippen molar-refractivity contribution in [3.05, 3.63) is 81.9 Å². The van der Waals surface area contributed by atoms with Crippen LogP contribution < -0.4 is 5.32 Å². The number of rotatable bonds is 6. The second kappa shape index (κ2) is 9.53. The molecule has 172 valence electrons. The predicted molar refractivity (Wildman–Crippen MR) is 134 cm³/mol. The highest BCUT2D eigenvalue weighted by molar-refractivity contribution is 7.80. The summed E-state index contributed by atoms with van der Waals surface area (Å²) in [6.45, 7) is 6.68. The molecule has 6 nitrogen and oxygen atoms in total. The lowest BCUT2D eigenvalue weighted by Gasteiger charge is -2.28. The highest BCUT2D eigenvalue weighted by atomic mass is 35.5. The van der Waals surface area contributed by atoms with Crippen LogP contribution >= 0.6 is 23.8 Å².